The van der Waals surface area contributed by atoms with E-state index in [-0.39, 0.29) is 26.1 Å². The minimum atomic E-state index is -4.74. The fourth-order valence-corrected chi connectivity index (χ4v) is 2.69. The van der Waals surface area contributed by atoms with Gasteiger partial charge in [0.25, 0.3) is 5.91 Å². The predicted molar refractivity (Wildman–Crippen MR) is 155 cm³/mol. The highest BCUT2D eigenvalue weighted by Gasteiger charge is 2.42. The van der Waals surface area contributed by atoms with E-state index in [9.17, 15) is 35.9 Å². The summed E-state index contributed by atoms with van der Waals surface area (Å²) in [6.07, 6.45) is -2.64. The van der Waals surface area contributed by atoms with E-state index in [0.717, 1.165) is 17.3 Å². The van der Waals surface area contributed by atoms with Gasteiger partial charge < -0.3 is 15.5 Å². The third kappa shape index (κ3) is 20.7. The summed E-state index contributed by atoms with van der Waals surface area (Å²) in [4.78, 5) is 23.5. The topological polar surface area (TPSA) is 79.3 Å². The summed E-state index contributed by atoms with van der Waals surface area (Å²) < 4.78 is 75.4. The number of rotatable bonds is 8. The zero-order chi connectivity index (χ0) is 33.2. The SMILES string of the molecule is C=CC(C)n1cc(C(=O)NCCNC=O)c(C(F)(F)F)n1.C=CCC.CC.CC.CC.CN1CCC(C(F)(F)F)C1. The van der Waals surface area contributed by atoms with E-state index < -0.39 is 41.5 Å². The summed E-state index contributed by atoms with van der Waals surface area (Å²) in [5.74, 6) is -1.99. The van der Waals surface area contributed by atoms with Crippen molar-refractivity contribution in [1.82, 2.24) is 25.3 Å². The maximum atomic E-state index is 12.9. The summed E-state index contributed by atoms with van der Waals surface area (Å²) >= 11 is 0. The first kappa shape index (κ1) is 45.2. The molecule has 0 aliphatic carbocycles. The average molecular weight is 604 g/mol. The molecule has 13 heteroatoms. The van der Waals surface area contributed by atoms with Crippen molar-refractivity contribution in [1.29, 1.82) is 0 Å². The molecule has 2 heterocycles. The van der Waals surface area contributed by atoms with Gasteiger partial charge in [0.1, 0.15) is 0 Å². The van der Waals surface area contributed by atoms with Crippen LogP contribution in [0.25, 0.3) is 0 Å². The molecule has 0 radical (unpaired) electrons. The Morgan fingerprint density at radius 2 is 1.61 bits per heavy atom. The van der Waals surface area contributed by atoms with Gasteiger partial charge in [-0.15, -0.1) is 13.2 Å². The van der Waals surface area contributed by atoms with Gasteiger partial charge in [0, 0.05) is 25.8 Å². The van der Waals surface area contributed by atoms with Crippen molar-refractivity contribution in [3.05, 3.63) is 42.8 Å². The number of amides is 2. The number of hydrogen-bond acceptors (Lipinski definition) is 4. The number of aromatic nitrogens is 2. The van der Waals surface area contributed by atoms with Crippen LogP contribution in [0.2, 0.25) is 0 Å². The molecule has 0 bridgehead atoms. The third-order valence-electron chi connectivity index (χ3n) is 4.78. The van der Waals surface area contributed by atoms with Gasteiger partial charge in [0.2, 0.25) is 6.41 Å². The molecular formula is C28H51F6N5O2. The normalized spacial score (nSPS) is 14.7. The van der Waals surface area contributed by atoms with Crippen LogP contribution in [-0.4, -0.2) is 66.4 Å². The second-order valence-corrected chi connectivity index (χ2v) is 7.66. The van der Waals surface area contributed by atoms with Crippen LogP contribution in [0.5, 0.6) is 0 Å². The molecule has 2 rings (SSSR count). The fraction of sp³-hybridized carbons (Fsp3) is 0.679. The molecular weight excluding hydrogens is 552 g/mol. The Morgan fingerprint density at radius 1 is 1.10 bits per heavy atom. The van der Waals surface area contributed by atoms with E-state index in [2.05, 4.69) is 35.8 Å². The lowest BCUT2D eigenvalue weighted by Crippen LogP contribution is -2.32. The summed E-state index contributed by atoms with van der Waals surface area (Å²) in [7, 11) is 1.71. The first-order valence-electron chi connectivity index (χ1n) is 13.8. The Bertz CT molecular complexity index is 811. The Morgan fingerprint density at radius 3 is 1.93 bits per heavy atom. The third-order valence-corrected chi connectivity index (χ3v) is 4.78. The van der Waals surface area contributed by atoms with E-state index in [0.29, 0.717) is 13.0 Å². The van der Waals surface area contributed by atoms with Crippen molar-refractivity contribution in [2.24, 2.45) is 5.92 Å². The summed E-state index contributed by atoms with van der Waals surface area (Å²) in [5.41, 5.74) is -1.82. The van der Waals surface area contributed by atoms with Crippen molar-refractivity contribution >= 4 is 12.3 Å². The van der Waals surface area contributed by atoms with Gasteiger partial charge in [-0.05, 0) is 33.4 Å². The number of nitrogens with one attached hydrogen (secondary N) is 2. The highest BCUT2D eigenvalue weighted by molar-refractivity contribution is 5.95. The lowest BCUT2D eigenvalue weighted by Gasteiger charge is -2.13. The van der Waals surface area contributed by atoms with Crippen LogP contribution < -0.4 is 10.6 Å². The molecule has 2 atom stereocenters. The Labute approximate surface area is 242 Å². The maximum Gasteiger partial charge on any atom is 0.435 e. The molecule has 0 spiro atoms. The smallest absolute Gasteiger partial charge is 0.357 e. The number of alkyl halides is 6. The molecule has 7 nitrogen and oxygen atoms in total. The Balaban J connectivity index is -0.000000283. The predicted octanol–water partition coefficient (Wildman–Crippen LogP) is 7.29. The van der Waals surface area contributed by atoms with Gasteiger partial charge in [0.05, 0.1) is 17.5 Å². The van der Waals surface area contributed by atoms with Crippen LogP contribution in [0.3, 0.4) is 0 Å². The Kier molecular flexibility index (Phi) is 28.7. The van der Waals surface area contributed by atoms with Crippen LogP contribution in [0, 0.1) is 5.92 Å². The van der Waals surface area contributed by atoms with Gasteiger partial charge in [-0.3, -0.25) is 14.3 Å². The standard InChI is InChI=1S/C12H15F3N4O2.C6H10F3N.C4H8.3C2H6/c1-3-8(2)19-6-9(10(18-19)12(13,14)15)11(21)17-5-4-16-7-20;1-10-3-2-5(4-10)6(7,8)9;1-3-4-2;3*1-2/h3,6-8H,1,4-5H2,2H3,(H,16,20)(H,17,21);5H,2-4H2,1H3;3H,1,4H2,2H3;3*1-2H3. The average Bonchev–Trinajstić information content (AvgIpc) is 3.62. The van der Waals surface area contributed by atoms with Crippen molar-refractivity contribution < 1.29 is 35.9 Å². The highest BCUT2D eigenvalue weighted by Crippen LogP contribution is 2.33. The van der Waals surface area contributed by atoms with E-state index in [4.69, 9.17) is 0 Å². The molecule has 2 amide bonds. The summed E-state index contributed by atoms with van der Waals surface area (Å²) in [6, 6.07) is -0.482. The van der Waals surface area contributed by atoms with Crippen LogP contribution in [0.1, 0.15) is 90.3 Å². The number of hydrogen-bond donors (Lipinski definition) is 2. The van der Waals surface area contributed by atoms with Crippen molar-refractivity contribution in [3.63, 3.8) is 0 Å². The zero-order valence-electron chi connectivity index (χ0n) is 26.0. The fourth-order valence-electron chi connectivity index (χ4n) is 2.69. The van der Waals surface area contributed by atoms with E-state index >= 15 is 0 Å². The molecule has 0 saturated carbocycles. The van der Waals surface area contributed by atoms with Gasteiger partial charge in [-0.1, -0.05) is 60.6 Å². The summed E-state index contributed by atoms with van der Waals surface area (Å²) in [5, 5.41) is 7.96. The molecule has 1 aliphatic heterocycles. The van der Waals surface area contributed by atoms with Crippen LogP contribution >= 0.6 is 0 Å². The second kappa shape index (κ2) is 26.1. The largest absolute Gasteiger partial charge is 0.435 e. The minimum Gasteiger partial charge on any atom is -0.357 e. The molecule has 0 aromatic carbocycles. The molecule has 1 saturated heterocycles. The highest BCUT2D eigenvalue weighted by atomic mass is 19.4. The van der Waals surface area contributed by atoms with E-state index in [1.165, 1.54) is 6.08 Å². The minimum absolute atomic E-state index is 0.0110. The maximum absolute atomic E-state index is 12.9. The lowest BCUT2D eigenvalue weighted by atomic mass is 10.1. The second-order valence-electron chi connectivity index (χ2n) is 7.66. The van der Waals surface area contributed by atoms with Gasteiger partial charge in [0.15, 0.2) is 5.69 Å². The first-order valence-corrected chi connectivity index (χ1v) is 13.8. The number of allylic oxidation sites excluding steroid dienone is 2. The first-order chi connectivity index (χ1) is 19.2. The number of nitrogens with zero attached hydrogens (tertiary/aromatic N) is 3. The molecule has 1 fully saturated rings. The molecule has 1 aliphatic rings. The molecule has 242 valence electrons. The number of halogens is 6. The molecule has 1 aromatic rings. The molecule has 2 N–H and O–H groups in total. The van der Waals surface area contributed by atoms with E-state index in [1.807, 2.05) is 47.6 Å². The van der Waals surface area contributed by atoms with E-state index in [1.54, 1.807) is 18.9 Å². The van der Waals surface area contributed by atoms with Gasteiger partial charge in [-0.25, -0.2) is 0 Å². The van der Waals surface area contributed by atoms with Gasteiger partial charge in [-0.2, -0.15) is 31.4 Å². The van der Waals surface area contributed by atoms with Crippen LogP contribution in [0.4, 0.5) is 26.3 Å². The molecule has 2 unspecified atom stereocenters. The Hall–Kier alpha value is -2.83. The molecule has 41 heavy (non-hydrogen) atoms. The van der Waals surface area contributed by atoms with Crippen molar-refractivity contribution in [2.45, 2.75) is 86.6 Å². The van der Waals surface area contributed by atoms with Crippen LogP contribution in [-0.2, 0) is 11.0 Å². The van der Waals surface area contributed by atoms with Crippen molar-refractivity contribution in [2.75, 3.05) is 33.2 Å². The summed E-state index contributed by atoms with van der Waals surface area (Å²) in [6.45, 7) is 23.5. The van der Waals surface area contributed by atoms with Gasteiger partial charge >= 0.3 is 12.4 Å². The lowest BCUT2D eigenvalue weighted by molar-refractivity contribution is -0.170. The number of likely N-dealkylation sites (tertiary alicyclic amines) is 1. The van der Waals surface area contributed by atoms with Crippen LogP contribution in [0.15, 0.2) is 31.5 Å². The monoisotopic (exact) mass is 603 g/mol. The quantitative estimate of drug-likeness (QED) is 0.142. The number of carbonyl (C=O) groups is 2. The number of carbonyl (C=O) groups excluding carboxylic acids is 2. The zero-order valence-corrected chi connectivity index (χ0v) is 26.0. The van der Waals surface area contributed by atoms with Crippen molar-refractivity contribution in [3.8, 4) is 0 Å². The molecule has 1 aromatic heterocycles.